The molecule has 0 bridgehead atoms. The van der Waals surface area contributed by atoms with E-state index in [4.69, 9.17) is 10.5 Å². The van der Waals surface area contributed by atoms with Crippen molar-refractivity contribution >= 4 is 0 Å². The quantitative estimate of drug-likeness (QED) is 0.896. The van der Waals surface area contributed by atoms with Crippen LogP contribution in [-0.2, 0) is 6.42 Å². The molecule has 1 aliphatic rings. The van der Waals surface area contributed by atoms with Crippen molar-refractivity contribution in [3.63, 3.8) is 0 Å². The van der Waals surface area contributed by atoms with Gasteiger partial charge in [0.25, 0.3) is 0 Å². The number of rotatable bonds is 2. The molecule has 1 atom stereocenters. The third-order valence-electron chi connectivity index (χ3n) is 3.55. The summed E-state index contributed by atoms with van der Waals surface area (Å²) in [7, 11) is 0. The number of aromatic nitrogens is 1. The zero-order valence-corrected chi connectivity index (χ0v) is 11.1. The Balaban J connectivity index is 2.02. The normalized spacial score (nSPS) is 15.5. The van der Waals surface area contributed by atoms with Crippen molar-refractivity contribution in [3.05, 3.63) is 58.9 Å². The summed E-state index contributed by atoms with van der Waals surface area (Å²) in [5.74, 6) is 0.963. The van der Waals surface area contributed by atoms with Crippen LogP contribution in [0.2, 0.25) is 0 Å². The lowest BCUT2D eigenvalue weighted by Crippen LogP contribution is -2.18. The fraction of sp³-hybridized carbons (Fsp3) is 0.312. The third-order valence-corrected chi connectivity index (χ3v) is 3.55. The largest absolute Gasteiger partial charge is 0.493 e. The van der Waals surface area contributed by atoms with Gasteiger partial charge in [0.15, 0.2) is 0 Å². The summed E-state index contributed by atoms with van der Waals surface area (Å²) in [6, 6.07) is 10.00. The highest BCUT2D eigenvalue weighted by Crippen LogP contribution is 2.34. The van der Waals surface area contributed by atoms with Crippen molar-refractivity contribution in [1.29, 1.82) is 0 Å². The molecule has 3 rings (SSSR count). The van der Waals surface area contributed by atoms with Crippen LogP contribution >= 0.6 is 0 Å². The lowest BCUT2D eigenvalue weighted by Gasteiger charge is -2.23. The minimum Gasteiger partial charge on any atom is -0.493 e. The second-order valence-electron chi connectivity index (χ2n) is 5.02. The Bertz CT molecular complexity index is 595. The SMILES string of the molecule is Cc1ccnc(C(N)c2cccc3c2OCCC3)c1. The van der Waals surface area contributed by atoms with Crippen LogP contribution in [0.15, 0.2) is 36.5 Å². The summed E-state index contributed by atoms with van der Waals surface area (Å²) < 4.78 is 5.82. The van der Waals surface area contributed by atoms with Gasteiger partial charge in [-0.05, 0) is 43.0 Å². The van der Waals surface area contributed by atoms with Crippen molar-refractivity contribution in [2.75, 3.05) is 6.61 Å². The molecule has 98 valence electrons. The number of nitrogens with zero attached hydrogens (tertiary/aromatic N) is 1. The maximum absolute atomic E-state index is 6.37. The van der Waals surface area contributed by atoms with Gasteiger partial charge in [0.05, 0.1) is 18.3 Å². The number of aryl methyl sites for hydroxylation is 2. The van der Waals surface area contributed by atoms with E-state index in [1.54, 1.807) is 6.20 Å². The van der Waals surface area contributed by atoms with Gasteiger partial charge in [0.2, 0.25) is 0 Å². The number of para-hydroxylation sites is 1. The van der Waals surface area contributed by atoms with Crippen LogP contribution in [-0.4, -0.2) is 11.6 Å². The second kappa shape index (κ2) is 5.02. The Morgan fingerprint density at radius 1 is 1.32 bits per heavy atom. The maximum Gasteiger partial charge on any atom is 0.127 e. The highest BCUT2D eigenvalue weighted by atomic mass is 16.5. The first-order valence-corrected chi connectivity index (χ1v) is 6.68. The molecule has 0 spiro atoms. The molecule has 0 amide bonds. The average Bonchev–Trinajstić information content (AvgIpc) is 2.46. The molecular formula is C16H18N2O. The van der Waals surface area contributed by atoms with Gasteiger partial charge in [-0.2, -0.15) is 0 Å². The average molecular weight is 254 g/mol. The summed E-state index contributed by atoms with van der Waals surface area (Å²) in [5.41, 5.74) is 10.7. The zero-order valence-electron chi connectivity index (χ0n) is 11.1. The lowest BCUT2D eigenvalue weighted by molar-refractivity contribution is 0.284. The molecule has 1 aromatic heterocycles. The minimum atomic E-state index is -0.229. The highest BCUT2D eigenvalue weighted by molar-refractivity contribution is 5.46. The summed E-state index contributed by atoms with van der Waals surface area (Å²) in [4.78, 5) is 4.38. The van der Waals surface area contributed by atoms with Gasteiger partial charge in [0, 0.05) is 11.8 Å². The molecule has 0 fully saturated rings. The third kappa shape index (κ3) is 2.34. The van der Waals surface area contributed by atoms with Gasteiger partial charge in [-0.1, -0.05) is 18.2 Å². The molecule has 1 unspecified atom stereocenters. The molecule has 2 N–H and O–H groups in total. The van der Waals surface area contributed by atoms with E-state index in [0.29, 0.717) is 0 Å². The van der Waals surface area contributed by atoms with E-state index in [1.165, 1.54) is 11.1 Å². The Kier molecular flexibility index (Phi) is 3.22. The lowest BCUT2D eigenvalue weighted by atomic mass is 9.96. The topological polar surface area (TPSA) is 48.1 Å². The molecule has 1 aromatic carbocycles. The predicted molar refractivity (Wildman–Crippen MR) is 75.3 cm³/mol. The monoisotopic (exact) mass is 254 g/mol. The van der Waals surface area contributed by atoms with Crippen molar-refractivity contribution in [2.45, 2.75) is 25.8 Å². The number of fused-ring (bicyclic) bond motifs is 1. The van der Waals surface area contributed by atoms with E-state index in [0.717, 1.165) is 36.5 Å². The van der Waals surface area contributed by atoms with Gasteiger partial charge >= 0.3 is 0 Å². The fourth-order valence-electron chi connectivity index (χ4n) is 2.55. The van der Waals surface area contributed by atoms with E-state index >= 15 is 0 Å². The summed E-state index contributed by atoms with van der Waals surface area (Å²) >= 11 is 0. The second-order valence-corrected chi connectivity index (χ2v) is 5.02. The van der Waals surface area contributed by atoms with Crippen LogP contribution < -0.4 is 10.5 Å². The molecule has 3 nitrogen and oxygen atoms in total. The van der Waals surface area contributed by atoms with Crippen LogP contribution in [0.5, 0.6) is 5.75 Å². The van der Waals surface area contributed by atoms with Crippen LogP contribution in [0.25, 0.3) is 0 Å². The fourth-order valence-corrected chi connectivity index (χ4v) is 2.55. The van der Waals surface area contributed by atoms with Gasteiger partial charge in [-0.3, -0.25) is 4.98 Å². The molecule has 2 heterocycles. The van der Waals surface area contributed by atoms with Crippen LogP contribution in [0.1, 0.15) is 34.8 Å². The number of hydrogen-bond acceptors (Lipinski definition) is 3. The van der Waals surface area contributed by atoms with Gasteiger partial charge < -0.3 is 10.5 Å². The number of ether oxygens (including phenoxy) is 1. The molecule has 0 saturated carbocycles. The van der Waals surface area contributed by atoms with Crippen LogP contribution in [0.4, 0.5) is 0 Å². The first-order chi connectivity index (χ1) is 9.25. The summed E-state index contributed by atoms with van der Waals surface area (Å²) in [6.07, 6.45) is 3.95. The van der Waals surface area contributed by atoms with Gasteiger partial charge in [0.1, 0.15) is 5.75 Å². The Labute approximate surface area is 113 Å². The smallest absolute Gasteiger partial charge is 0.127 e. The molecular weight excluding hydrogens is 236 g/mol. The predicted octanol–water partition coefficient (Wildman–Crippen LogP) is 2.76. The van der Waals surface area contributed by atoms with E-state index in [2.05, 4.69) is 24.0 Å². The number of hydrogen-bond donors (Lipinski definition) is 1. The van der Waals surface area contributed by atoms with E-state index in [1.807, 2.05) is 18.2 Å². The van der Waals surface area contributed by atoms with E-state index in [-0.39, 0.29) is 6.04 Å². The van der Waals surface area contributed by atoms with Crippen molar-refractivity contribution in [1.82, 2.24) is 4.98 Å². The van der Waals surface area contributed by atoms with Crippen molar-refractivity contribution in [2.24, 2.45) is 5.73 Å². The standard InChI is InChI=1S/C16H18N2O/c1-11-7-8-18-14(10-11)15(17)13-6-2-4-12-5-3-9-19-16(12)13/h2,4,6-8,10,15H,3,5,9,17H2,1H3. The molecule has 2 aromatic rings. The molecule has 3 heteroatoms. The zero-order chi connectivity index (χ0) is 13.2. The van der Waals surface area contributed by atoms with Crippen LogP contribution in [0, 0.1) is 6.92 Å². The summed E-state index contributed by atoms with van der Waals surface area (Å²) in [6.45, 7) is 2.83. The molecule has 0 aliphatic carbocycles. The molecule has 19 heavy (non-hydrogen) atoms. The van der Waals surface area contributed by atoms with Crippen molar-refractivity contribution in [3.8, 4) is 5.75 Å². The minimum absolute atomic E-state index is 0.229. The highest BCUT2D eigenvalue weighted by Gasteiger charge is 2.20. The van der Waals surface area contributed by atoms with Gasteiger partial charge in [-0.15, -0.1) is 0 Å². The number of benzene rings is 1. The van der Waals surface area contributed by atoms with Crippen LogP contribution in [0.3, 0.4) is 0 Å². The molecule has 0 saturated heterocycles. The Hall–Kier alpha value is -1.87. The first-order valence-electron chi connectivity index (χ1n) is 6.68. The Morgan fingerprint density at radius 2 is 2.21 bits per heavy atom. The molecule has 1 aliphatic heterocycles. The number of pyridine rings is 1. The van der Waals surface area contributed by atoms with E-state index < -0.39 is 0 Å². The summed E-state index contributed by atoms with van der Waals surface area (Å²) in [5, 5.41) is 0. The first kappa shape index (κ1) is 12.2. The van der Waals surface area contributed by atoms with E-state index in [9.17, 15) is 0 Å². The molecule has 0 radical (unpaired) electrons. The Morgan fingerprint density at radius 3 is 3.05 bits per heavy atom. The van der Waals surface area contributed by atoms with Crippen molar-refractivity contribution < 1.29 is 4.74 Å². The van der Waals surface area contributed by atoms with Gasteiger partial charge in [-0.25, -0.2) is 0 Å². The maximum atomic E-state index is 6.37. The number of nitrogens with two attached hydrogens (primary N) is 1.